The third kappa shape index (κ3) is 2.04. The van der Waals surface area contributed by atoms with Crippen LogP contribution >= 0.6 is 0 Å². The first-order valence-electron chi connectivity index (χ1n) is 5.22. The number of anilines is 1. The lowest BCUT2D eigenvalue weighted by Gasteiger charge is -2.08. The number of ether oxygens (including phenoxy) is 1. The molecular formula is C12H12FN3O2. The van der Waals surface area contributed by atoms with Gasteiger partial charge in [-0.1, -0.05) is 0 Å². The van der Waals surface area contributed by atoms with Crippen LogP contribution in [0, 0.1) is 12.7 Å². The molecule has 18 heavy (non-hydrogen) atoms. The first-order valence-corrected chi connectivity index (χ1v) is 5.22. The number of esters is 1. The topological polar surface area (TPSA) is 70.1 Å². The van der Waals surface area contributed by atoms with Crippen molar-refractivity contribution in [2.45, 2.75) is 6.92 Å². The average Bonchev–Trinajstić information content (AvgIpc) is 2.75. The predicted molar refractivity (Wildman–Crippen MR) is 64.0 cm³/mol. The van der Waals surface area contributed by atoms with Crippen LogP contribution < -0.4 is 5.73 Å². The van der Waals surface area contributed by atoms with Gasteiger partial charge in [0.2, 0.25) is 0 Å². The highest BCUT2D eigenvalue weighted by Crippen LogP contribution is 2.21. The molecule has 2 rings (SSSR count). The number of nitrogens with two attached hydrogens (primary N) is 1. The molecule has 0 aliphatic carbocycles. The Labute approximate surface area is 103 Å². The quantitative estimate of drug-likeness (QED) is 0.649. The SMILES string of the molecule is COC(=O)c1cc(-n2cc(C)cn2)c(F)cc1N. The zero-order valence-electron chi connectivity index (χ0n) is 9.98. The molecule has 1 heterocycles. The summed E-state index contributed by atoms with van der Waals surface area (Å²) in [5, 5.41) is 3.99. The molecule has 1 aromatic heterocycles. The molecule has 0 radical (unpaired) electrons. The van der Waals surface area contributed by atoms with E-state index in [-0.39, 0.29) is 16.9 Å². The summed E-state index contributed by atoms with van der Waals surface area (Å²) in [6, 6.07) is 2.40. The lowest BCUT2D eigenvalue weighted by molar-refractivity contribution is 0.0602. The molecule has 0 spiro atoms. The summed E-state index contributed by atoms with van der Waals surface area (Å²) < 4.78 is 19.7. The van der Waals surface area contributed by atoms with E-state index >= 15 is 0 Å². The highest BCUT2D eigenvalue weighted by atomic mass is 19.1. The van der Waals surface area contributed by atoms with Gasteiger partial charge in [0.25, 0.3) is 0 Å². The maximum atomic E-state index is 13.8. The summed E-state index contributed by atoms with van der Waals surface area (Å²) in [6.45, 7) is 1.83. The van der Waals surface area contributed by atoms with Crippen LogP contribution in [0.1, 0.15) is 15.9 Å². The molecule has 0 bridgehead atoms. The van der Waals surface area contributed by atoms with Gasteiger partial charge in [0.15, 0.2) is 5.82 Å². The number of methoxy groups -OCH3 is 1. The summed E-state index contributed by atoms with van der Waals surface area (Å²) in [5.74, 6) is -1.17. The lowest BCUT2D eigenvalue weighted by atomic mass is 10.1. The van der Waals surface area contributed by atoms with Crippen molar-refractivity contribution in [2.75, 3.05) is 12.8 Å². The van der Waals surface area contributed by atoms with Crippen LogP contribution in [0.3, 0.4) is 0 Å². The van der Waals surface area contributed by atoms with Crippen molar-refractivity contribution in [1.82, 2.24) is 9.78 Å². The van der Waals surface area contributed by atoms with Crippen molar-refractivity contribution >= 4 is 11.7 Å². The summed E-state index contributed by atoms with van der Waals surface area (Å²) in [4.78, 5) is 11.5. The van der Waals surface area contributed by atoms with E-state index in [4.69, 9.17) is 5.73 Å². The second-order valence-electron chi connectivity index (χ2n) is 3.84. The number of nitrogen functional groups attached to an aromatic ring is 1. The number of nitrogens with zero attached hydrogens (tertiary/aromatic N) is 2. The number of hydrogen-bond acceptors (Lipinski definition) is 4. The molecule has 2 N–H and O–H groups in total. The molecule has 0 atom stereocenters. The van der Waals surface area contributed by atoms with Gasteiger partial charge in [0, 0.05) is 11.9 Å². The Morgan fingerprint density at radius 3 is 2.78 bits per heavy atom. The standard InChI is InChI=1S/C12H12FN3O2/c1-7-5-15-16(6-7)11-3-8(12(17)18-2)10(14)4-9(11)13/h3-6H,14H2,1-2H3. The molecule has 0 unspecified atom stereocenters. The number of aromatic nitrogens is 2. The fraction of sp³-hybridized carbons (Fsp3) is 0.167. The Hall–Kier alpha value is -2.37. The molecule has 94 valence electrons. The van der Waals surface area contributed by atoms with Gasteiger partial charge in [-0.2, -0.15) is 5.10 Å². The number of aryl methyl sites for hydroxylation is 1. The first kappa shape index (κ1) is 12.1. The molecule has 0 amide bonds. The lowest BCUT2D eigenvalue weighted by Crippen LogP contribution is -2.09. The summed E-state index contributed by atoms with van der Waals surface area (Å²) in [6.07, 6.45) is 3.24. The van der Waals surface area contributed by atoms with Gasteiger partial charge < -0.3 is 10.5 Å². The summed E-state index contributed by atoms with van der Waals surface area (Å²) >= 11 is 0. The molecule has 2 aromatic rings. The van der Waals surface area contributed by atoms with E-state index in [0.717, 1.165) is 11.6 Å². The maximum Gasteiger partial charge on any atom is 0.340 e. The molecule has 5 nitrogen and oxygen atoms in total. The van der Waals surface area contributed by atoms with Crippen LogP contribution in [-0.4, -0.2) is 22.9 Å². The summed E-state index contributed by atoms with van der Waals surface area (Å²) in [5.41, 5.74) is 6.76. The Morgan fingerprint density at radius 1 is 1.50 bits per heavy atom. The molecule has 0 aliphatic heterocycles. The molecule has 0 aliphatic rings. The van der Waals surface area contributed by atoms with Crippen molar-refractivity contribution in [3.8, 4) is 5.69 Å². The van der Waals surface area contributed by atoms with E-state index in [1.807, 2.05) is 6.92 Å². The van der Waals surface area contributed by atoms with Crippen molar-refractivity contribution in [1.29, 1.82) is 0 Å². The molecule has 0 saturated heterocycles. The van der Waals surface area contributed by atoms with Crippen molar-refractivity contribution in [2.24, 2.45) is 0 Å². The van der Waals surface area contributed by atoms with E-state index in [2.05, 4.69) is 9.84 Å². The Balaban J connectivity index is 2.58. The predicted octanol–water partition coefficient (Wildman–Crippen LogP) is 1.69. The van der Waals surface area contributed by atoms with Crippen LogP contribution in [0.2, 0.25) is 0 Å². The van der Waals surface area contributed by atoms with Crippen LogP contribution in [0.5, 0.6) is 0 Å². The first-order chi connectivity index (χ1) is 8.52. The highest BCUT2D eigenvalue weighted by molar-refractivity contribution is 5.95. The van der Waals surface area contributed by atoms with E-state index in [9.17, 15) is 9.18 Å². The van der Waals surface area contributed by atoms with Crippen LogP contribution in [0.15, 0.2) is 24.5 Å². The minimum absolute atomic E-state index is 0.0342. The Bertz CT molecular complexity index is 607. The minimum Gasteiger partial charge on any atom is -0.465 e. The molecule has 6 heteroatoms. The van der Waals surface area contributed by atoms with E-state index in [0.29, 0.717) is 0 Å². The minimum atomic E-state index is -0.613. The van der Waals surface area contributed by atoms with Crippen molar-refractivity contribution in [3.05, 3.63) is 41.5 Å². The Morgan fingerprint density at radius 2 is 2.22 bits per heavy atom. The summed E-state index contributed by atoms with van der Waals surface area (Å²) in [7, 11) is 1.24. The van der Waals surface area contributed by atoms with Crippen LogP contribution in [-0.2, 0) is 4.74 Å². The average molecular weight is 249 g/mol. The van der Waals surface area contributed by atoms with E-state index < -0.39 is 11.8 Å². The number of rotatable bonds is 2. The third-order valence-corrected chi connectivity index (χ3v) is 2.48. The normalized spacial score (nSPS) is 10.4. The highest BCUT2D eigenvalue weighted by Gasteiger charge is 2.16. The second kappa shape index (κ2) is 4.48. The number of carbonyl (C=O) groups is 1. The largest absolute Gasteiger partial charge is 0.465 e. The van der Waals surface area contributed by atoms with Gasteiger partial charge in [-0.05, 0) is 24.6 Å². The third-order valence-electron chi connectivity index (χ3n) is 2.48. The fourth-order valence-electron chi connectivity index (χ4n) is 1.58. The van der Waals surface area contributed by atoms with Gasteiger partial charge in [-0.15, -0.1) is 0 Å². The van der Waals surface area contributed by atoms with Gasteiger partial charge in [-0.25, -0.2) is 13.9 Å². The molecular weight excluding hydrogens is 237 g/mol. The van der Waals surface area contributed by atoms with E-state index in [1.54, 1.807) is 12.4 Å². The van der Waals surface area contributed by atoms with Crippen LogP contribution in [0.4, 0.5) is 10.1 Å². The number of benzene rings is 1. The fourth-order valence-corrected chi connectivity index (χ4v) is 1.58. The van der Waals surface area contributed by atoms with E-state index in [1.165, 1.54) is 17.9 Å². The molecule has 1 aromatic carbocycles. The molecule has 0 fully saturated rings. The van der Waals surface area contributed by atoms with Gasteiger partial charge in [0.1, 0.15) is 5.69 Å². The molecule has 0 saturated carbocycles. The van der Waals surface area contributed by atoms with Crippen molar-refractivity contribution in [3.63, 3.8) is 0 Å². The van der Waals surface area contributed by atoms with Crippen LogP contribution in [0.25, 0.3) is 5.69 Å². The maximum absolute atomic E-state index is 13.8. The van der Waals surface area contributed by atoms with Crippen molar-refractivity contribution < 1.29 is 13.9 Å². The van der Waals surface area contributed by atoms with Gasteiger partial charge in [-0.3, -0.25) is 0 Å². The second-order valence-corrected chi connectivity index (χ2v) is 3.84. The van der Waals surface area contributed by atoms with Gasteiger partial charge in [0.05, 0.1) is 18.9 Å². The number of hydrogen-bond donors (Lipinski definition) is 1. The van der Waals surface area contributed by atoms with Gasteiger partial charge >= 0.3 is 5.97 Å². The zero-order chi connectivity index (χ0) is 13.3. The number of halogens is 1. The zero-order valence-corrected chi connectivity index (χ0v) is 9.98. The smallest absolute Gasteiger partial charge is 0.340 e. The monoisotopic (exact) mass is 249 g/mol. The number of carbonyl (C=O) groups excluding carboxylic acids is 1. The Kier molecular flexibility index (Phi) is 3.01.